The van der Waals surface area contributed by atoms with E-state index >= 15 is 0 Å². The molecule has 20 heavy (non-hydrogen) atoms. The van der Waals surface area contributed by atoms with Crippen LogP contribution in [0.1, 0.15) is 39.0 Å². The van der Waals surface area contributed by atoms with Crippen LogP contribution in [0.25, 0.3) is 0 Å². The fraction of sp³-hybridized carbons (Fsp3) is 0.615. The van der Waals surface area contributed by atoms with Gasteiger partial charge >= 0.3 is 0 Å². The van der Waals surface area contributed by atoms with Gasteiger partial charge < -0.3 is 5.73 Å². The second-order valence-corrected chi connectivity index (χ2v) is 7.84. The summed E-state index contributed by atoms with van der Waals surface area (Å²) in [5.41, 5.74) is 5.77. The first kappa shape index (κ1) is 15.7. The summed E-state index contributed by atoms with van der Waals surface area (Å²) in [5.74, 6) is 0.0623. The Labute approximate surface area is 128 Å². The molecule has 1 aliphatic heterocycles. The molecule has 1 aliphatic rings. The molecule has 0 spiro atoms. The molecule has 1 saturated heterocycles. The number of pyridine rings is 1. The first-order valence-corrected chi connectivity index (χ1v) is 9.13. The van der Waals surface area contributed by atoms with Gasteiger partial charge in [0.05, 0.1) is 0 Å². The van der Waals surface area contributed by atoms with Gasteiger partial charge in [-0.05, 0) is 41.3 Å². The Balaban J connectivity index is 2.44. The SMILES string of the molecule is CCC1CCCCCN1S(=O)(=O)c1cc(Br)cnc1N. The molecule has 0 radical (unpaired) electrons. The number of hydrogen-bond acceptors (Lipinski definition) is 4. The van der Waals surface area contributed by atoms with Crippen molar-refractivity contribution in [3.05, 3.63) is 16.7 Å². The Morgan fingerprint density at radius 1 is 1.45 bits per heavy atom. The van der Waals surface area contributed by atoms with Gasteiger partial charge in [0.25, 0.3) is 0 Å². The van der Waals surface area contributed by atoms with Gasteiger partial charge in [-0.2, -0.15) is 4.31 Å². The van der Waals surface area contributed by atoms with Crippen LogP contribution >= 0.6 is 15.9 Å². The number of hydrogen-bond donors (Lipinski definition) is 1. The van der Waals surface area contributed by atoms with Gasteiger partial charge in [0.15, 0.2) is 0 Å². The Morgan fingerprint density at radius 2 is 2.20 bits per heavy atom. The minimum absolute atomic E-state index is 0.0564. The number of rotatable bonds is 3. The molecule has 1 aromatic rings. The van der Waals surface area contributed by atoms with Crippen molar-refractivity contribution in [2.24, 2.45) is 0 Å². The van der Waals surface area contributed by atoms with Crippen molar-refractivity contribution in [2.75, 3.05) is 12.3 Å². The number of halogens is 1. The van der Waals surface area contributed by atoms with Gasteiger partial charge in [-0.25, -0.2) is 13.4 Å². The maximum Gasteiger partial charge on any atom is 0.247 e. The number of nitrogens with two attached hydrogens (primary N) is 1. The van der Waals surface area contributed by atoms with E-state index in [-0.39, 0.29) is 16.8 Å². The summed E-state index contributed by atoms with van der Waals surface area (Å²) in [6, 6.07) is 1.59. The summed E-state index contributed by atoms with van der Waals surface area (Å²) in [7, 11) is -3.58. The molecular weight excluding hydrogens is 342 g/mol. The molecule has 7 heteroatoms. The smallest absolute Gasteiger partial charge is 0.247 e. The van der Waals surface area contributed by atoms with Crippen LogP contribution in [-0.4, -0.2) is 30.3 Å². The highest BCUT2D eigenvalue weighted by Crippen LogP contribution is 2.29. The fourth-order valence-corrected chi connectivity index (χ4v) is 4.98. The summed E-state index contributed by atoms with van der Waals surface area (Å²) in [6.07, 6.45) is 6.30. The maximum absolute atomic E-state index is 12.9. The molecule has 0 saturated carbocycles. The molecule has 0 aromatic carbocycles. The van der Waals surface area contributed by atoms with Crippen molar-refractivity contribution in [1.29, 1.82) is 0 Å². The van der Waals surface area contributed by atoms with Crippen LogP contribution in [0.15, 0.2) is 21.6 Å². The van der Waals surface area contributed by atoms with Crippen LogP contribution in [-0.2, 0) is 10.0 Å². The molecule has 1 atom stereocenters. The summed E-state index contributed by atoms with van der Waals surface area (Å²) in [6.45, 7) is 2.59. The minimum atomic E-state index is -3.58. The third-order valence-corrected chi connectivity index (χ3v) is 6.14. The molecule has 1 aromatic heterocycles. The maximum atomic E-state index is 12.9. The topological polar surface area (TPSA) is 76.3 Å². The third-order valence-electron chi connectivity index (χ3n) is 3.73. The zero-order valence-electron chi connectivity index (χ0n) is 11.5. The molecule has 0 amide bonds. The minimum Gasteiger partial charge on any atom is -0.383 e. The highest BCUT2D eigenvalue weighted by molar-refractivity contribution is 9.10. The molecule has 1 unspecified atom stereocenters. The molecule has 2 rings (SSSR count). The second-order valence-electron chi connectivity index (χ2n) is 5.06. The predicted octanol–water partition coefficient (Wildman–Crippen LogP) is 2.77. The first-order valence-electron chi connectivity index (χ1n) is 6.89. The lowest BCUT2D eigenvalue weighted by Crippen LogP contribution is -2.40. The van der Waals surface area contributed by atoms with Crippen molar-refractivity contribution in [3.8, 4) is 0 Å². The monoisotopic (exact) mass is 361 g/mol. The average Bonchev–Trinajstić information content (AvgIpc) is 2.66. The Kier molecular flexibility index (Phi) is 5.04. The molecule has 1 fully saturated rings. The number of sulfonamides is 1. The predicted molar refractivity (Wildman–Crippen MR) is 82.8 cm³/mol. The molecule has 2 heterocycles. The zero-order valence-corrected chi connectivity index (χ0v) is 14.0. The van der Waals surface area contributed by atoms with Gasteiger partial charge in [0.1, 0.15) is 10.7 Å². The van der Waals surface area contributed by atoms with Crippen molar-refractivity contribution in [3.63, 3.8) is 0 Å². The summed E-state index contributed by atoms with van der Waals surface area (Å²) in [4.78, 5) is 4.04. The van der Waals surface area contributed by atoms with E-state index in [0.29, 0.717) is 11.0 Å². The first-order chi connectivity index (χ1) is 9.46. The van der Waals surface area contributed by atoms with E-state index in [4.69, 9.17) is 5.73 Å². The van der Waals surface area contributed by atoms with E-state index in [1.54, 1.807) is 4.31 Å². The highest BCUT2D eigenvalue weighted by atomic mass is 79.9. The largest absolute Gasteiger partial charge is 0.383 e. The van der Waals surface area contributed by atoms with E-state index < -0.39 is 10.0 Å². The summed E-state index contributed by atoms with van der Waals surface area (Å²) >= 11 is 3.26. The van der Waals surface area contributed by atoms with E-state index in [2.05, 4.69) is 20.9 Å². The van der Waals surface area contributed by atoms with Gasteiger partial charge in [0.2, 0.25) is 10.0 Å². The lowest BCUT2D eigenvalue weighted by atomic mass is 10.1. The normalized spacial score (nSPS) is 21.6. The van der Waals surface area contributed by atoms with Gasteiger partial charge in [-0.15, -0.1) is 0 Å². The number of aromatic nitrogens is 1. The zero-order chi connectivity index (χ0) is 14.8. The van der Waals surface area contributed by atoms with E-state index in [1.807, 2.05) is 6.92 Å². The standard InChI is InChI=1S/C13H20BrN3O2S/c1-2-11-6-4-3-5-7-17(11)20(18,19)12-8-10(14)9-16-13(12)15/h8-9,11H,2-7H2,1H3,(H2,15,16). The summed E-state index contributed by atoms with van der Waals surface area (Å²) < 4.78 is 28.0. The van der Waals surface area contributed by atoms with Crippen LogP contribution in [0.3, 0.4) is 0 Å². The Bertz CT molecular complexity index is 577. The van der Waals surface area contributed by atoms with Crippen molar-refractivity contribution >= 4 is 31.8 Å². The van der Waals surface area contributed by atoms with Gasteiger partial charge in [-0.3, -0.25) is 0 Å². The van der Waals surface area contributed by atoms with Crippen LogP contribution in [0, 0.1) is 0 Å². The quantitative estimate of drug-likeness (QED) is 0.897. The van der Waals surface area contributed by atoms with Crippen molar-refractivity contribution < 1.29 is 8.42 Å². The van der Waals surface area contributed by atoms with Crippen molar-refractivity contribution in [2.45, 2.75) is 50.0 Å². The highest BCUT2D eigenvalue weighted by Gasteiger charge is 2.33. The van der Waals surface area contributed by atoms with Crippen LogP contribution < -0.4 is 5.73 Å². The molecule has 0 aliphatic carbocycles. The van der Waals surface area contributed by atoms with E-state index in [1.165, 1.54) is 12.3 Å². The van der Waals surface area contributed by atoms with E-state index in [0.717, 1.165) is 32.1 Å². The molecule has 5 nitrogen and oxygen atoms in total. The lowest BCUT2D eigenvalue weighted by Gasteiger charge is -2.28. The van der Waals surface area contributed by atoms with E-state index in [9.17, 15) is 8.42 Å². The van der Waals surface area contributed by atoms with Gasteiger partial charge in [-0.1, -0.05) is 19.8 Å². The Morgan fingerprint density at radius 3 is 2.90 bits per heavy atom. The molecular formula is C13H20BrN3O2S. The van der Waals surface area contributed by atoms with Crippen LogP contribution in [0.2, 0.25) is 0 Å². The number of nitrogens with zero attached hydrogens (tertiary/aromatic N) is 2. The molecule has 0 bridgehead atoms. The molecule has 112 valence electrons. The van der Waals surface area contributed by atoms with Crippen LogP contribution in [0.4, 0.5) is 5.82 Å². The Hall–Kier alpha value is -0.660. The fourth-order valence-electron chi connectivity index (χ4n) is 2.64. The third kappa shape index (κ3) is 3.15. The van der Waals surface area contributed by atoms with Crippen LogP contribution in [0.5, 0.6) is 0 Å². The second kappa shape index (κ2) is 6.41. The average molecular weight is 362 g/mol. The lowest BCUT2D eigenvalue weighted by molar-refractivity contribution is 0.315. The van der Waals surface area contributed by atoms with Gasteiger partial charge in [0, 0.05) is 23.3 Å². The summed E-state index contributed by atoms with van der Waals surface area (Å²) in [5, 5.41) is 0. The molecule has 2 N–H and O–H groups in total. The van der Waals surface area contributed by atoms with Crippen molar-refractivity contribution in [1.82, 2.24) is 9.29 Å². The number of nitrogen functional groups attached to an aromatic ring is 1. The number of anilines is 1.